The summed E-state index contributed by atoms with van der Waals surface area (Å²) in [4.78, 5) is 17.0. The molecule has 0 spiro atoms. The number of carbonyl (C=O) groups is 1. The molecule has 10 heteroatoms. The van der Waals surface area contributed by atoms with Gasteiger partial charge in [-0.3, -0.25) is 14.4 Å². The van der Waals surface area contributed by atoms with Crippen molar-refractivity contribution in [3.8, 4) is 0 Å². The topological polar surface area (TPSA) is 50.6 Å². The van der Waals surface area contributed by atoms with Crippen molar-refractivity contribution in [1.29, 1.82) is 0 Å². The summed E-state index contributed by atoms with van der Waals surface area (Å²) >= 11 is 6.05. The summed E-state index contributed by atoms with van der Waals surface area (Å²) in [6, 6.07) is 14.2. The molecule has 1 amide bonds. The number of aryl methyl sites for hydroxylation is 2. The standard InChI is InChI=1S/C26H28ClF3N4O2/c1-18-15-23(32(2)31-18)25(35)34-13-11-33(12-14-34)16-24(20-5-9-22(27)10-6-20)36-17-19-3-7-21(8-4-19)26(28,29)30/h3-10,15,24H,11-14,16-17H2,1-2H3/t24-/m1/s1. The molecule has 1 aromatic heterocycles. The highest BCUT2D eigenvalue weighted by Gasteiger charge is 2.30. The molecule has 0 aliphatic carbocycles. The first-order valence-corrected chi connectivity index (χ1v) is 12.0. The highest BCUT2D eigenvalue weighted by atomic mass is 35.5. The van der Waals surface area contributed by atoms with Gasteiger partial charge in [-0.1, -0.05) is 35.9 Å². The van der Waals surface area contributed by atoms with Crippen molar-refractivity contribution in [3.05, 3.63) is 87.7 Å². The lowest BCUT2D eigenvalue weighted by atomic mass is 10.1. The van der Waals surface area contributed by atoms with Crippen molar-refractivity contribution in [1.82, 2.24) is 19.6 Å². The van der Waals surface area contributed by atoms with Gasteiger partial charge in [-0.15, -0.1) is 0 Å². The zero-order valence-corrected chi connectivity index (χ0v) is 20.9. The number of carbonyl (C=O) groups excluding carboxylic acids is 1. The van der Waals surface area contributed by atoms with E-state index in [1.807, 2.05) is 24.0 Å². The minimum Gasteiger partial charge on any atom is -0.368 e. The molecule has 3 aromatic rings. The third-order valence-electron chi connectivity index (χ3n) is 6.28. The predicted octanol–water partition coefficient (Wildman–Crippen LogP) is 5.12. The van der Waals surface area contributed by atoms with Gasteiger partial charge < -0.3 is 9.64 Å². The number of halogens is 4. The molecule has 0 saturated carbocycles. The van der Waals surface area contributed by atoms with Crippen LogP contribution in [-0.2, 0) is 24.6 Å². The molecule has 36 heavy (non-hydrogen) atoms. The Labute approximate surface area is 213 Å². The fourth-order valence-corrected chi connectivity index (χ4v) is 4.39. The molecule has 0 bridgehead atoms. The van der Waals surface area contributed by atoms with E-state index in [9.17, 15) is 18.0 Å². The normalized spacial score (nSPS) is 15.8. The van der Waals surface area contributed by atoms with Gasteiger partial charge in [-0.2, -0.15) is 18.3 Å². The van der Waals surface area contributed by atoms with Crippen molar-refractivity contribution in [2.24, 2.45) is 7.05 Å². The van der Waals surface area contributed by atoms with Gasteiger partial charge in [0.15, 0.2) is 0 Å². The Kier molecular flexibility index (Phi) is 8.02. The van der Waals surface area contributed by atoms with E-state index in [2.05, 4.69) is 10.00 Å². The van der Waals surface area contributed by atoms with Gasteiger partial charge in [0.2, 0.25) is 0 Å². The number of nitrogens with zero attached hydrogens (tertiary/aromatic N) is 4. The van der Waals surface area contributed by atoms with E-state index >= 15 is 0 Å². The van der Waals surface area contributed by atoms with E-state index in [1.165, 1.54) is 12.1 Å². The zero-order valence-electron chi connectivity index (χ0n) is 20.1. The maximum Gasteiger partial charge on any atom is 0.416 e. The maximum atomic E-state index is 12.9. The highest BCUT2D eigenvalue weighted by Crippen LogP contribution is 2.30. The molecule has 2 aromatic carbocycles. The summed E-state index contributed by atoms with van der Waals surface area (Å²) in [6.07, 6.45) is -4.68. The molecule has 4 rings (SSSR count). The molecule has 0 unspecified atom stereocenters. The summed E-state index contributed by atoms with van der Waals surface area (Å²) in [5.74, 6) is -0.0365. The minimum atomic E-state index is -4.37. The fourth-order valence-electron chi connectivity index (χ4n) is 4.26. The third kappa shape index (κ3) is 6.46. The Morgan fingerprint density at radius 3 is 2.25 bits per heavy atom. The van der Waals surface area contributed by atoms with Crippen LogP contribution in [0.25, 0.3) is 0 Å². The molecule has 1 fully saturated rings. The molecule has 0 N–H and O–H groups in total. The van der Waals surface area contributed by atoms with Crippen molar-refractivity contribution < 1.29 is 22.7 Å². The Bertz CT molecular complexity index is 1170. The summed E-state index contributed by atoms with van der Waals surface area (Å²) in [6.45, 7) is 5.12. The number of alkyl halides is 3. The smallest absolute Gasteiger partial charge is 0.368 e. The van der Waals surface area contributed by atoms with Crippen LogP contribution in [0.4, 0.5) is 13.2 Å². The van der Waals surface area contributed by atoms with Gasteiger partial charge in [0, 0.05) is 44.8 Å². The second-order valence-electron chi connectivity index (χ2n) is 8.93. The lowest BCUT2D eigenvalue weighted by Gasteiger charge is -2.36. The number of ether oxygens (including phenoxy) is 1. The van der Waals surface area contributed by atoms with Gasteiger partial charge in [0.1, 0.15) is 5.69 Å². The van der Waals surface area contributed by atoms with Crippen LogP contribution < -0.4 is 0 Å². The number of piperazine rings is 1. The van der Waals surface area contributed by atoms with Crippen LogP contribution in [0.1, 0.15) is 39.0 Å². The number of benzene rings is 2. The maximum absolute atomic E-state index is 12.9. The summed E-state index contributed by atoms with van der Waals surface area (Å²) in [7, 11) is 1.77. The molecule has 1 aliphatic rings. The van der Waals surface area contributed by atoms with Crippen LogP contribution in [0.3, 0.4) is 0 Å². The molecule has 0 radical (unpaired) electrons. The molecule has 1 saturated heterocycles. The van der Waals surface area contributed by atoms with Crippen molar-refractivity contribution >= 4 is 17.5 Å². The van der Waals surface area contributed by atoms with Crippen LogP contribution in [0, 0.1) is 6.92 Å². The lowest BCUT2D eigenvalue weighted by Crippen LogP contribution is -2.50. The van der Waals surface area contributed by atoms with Gasteiger partial charge in [-0.25, -0.2) is 0 Å². The molecule has 6 nitrogen and oxygen atoms in total. The Morgan fingerprint density at radius 2 is 1.69 bits per heavy atom. The van der Waals surface area contributed by atoms with Crippen molar-refractivity contribution in [2.45, 2.75) is 25.8 Å². The second kappa shape index (κ2) is 11.0. The number of aromatic nitrogens is 2. The SMILES string of the molecule is Cc1cc(C(=O)N2CCN(C[C@@H](OCc3ccc(C(F)(F)F)cc3)c3ccc(Cl)cc3)CC2)n(C)n1. The fraction of sp³-hybridized carbons (Fsp3) is 0.385. The van der Waals surface area contributed by atoms with Crippen LogP contribution in [0.2, 0.25) is 5.02 Å². The van der Waals surface area contributed by atoms with Gasteiger partial charge in [-0.05, 0) is 48.4 Å². The molecule has 1 aliphatic heterocycles. The van der Waals surface area contributed by atoms with E-state index in [0.29, 0.717) is 49.0 Å². The predicted molar refractivity (Wildman–Crippen MR) is 131 cm³/mol. The van der Waals surface area contributed by atoms with E-state index < -0.39 is 11.7 Å². The zero-order chi connectivity index (χ0) is 25.9. The van der Waals surface area contributed by atoms with Crippen LogP contribution in [0.5, 0.6) is 0 Å². The van der Waals surface area contributed by atoms with Gasteiger partial charge in [0.05, 0.1) is 24.0 Å². The molecule has 2 heterocycles. The molecule has 192 valence electrons. The van der Waals surface area contributed by atoms with E-state index in [-0.39, 0.29) is 18.6 Å². The third-order valence-corrected chi connectivity index (χ3v) is 6.53. The minimum absolute atomic E-state index is 0.0365. The summed E-state index contributed by atoms with van der Waals surface area (Å²) in [5.41, 5.74) is 2.27. The first kappa shape index (κ1) is 26.2. The molecular weight excluding hydrogens is 493 g/mol. The molecular formula is C26H28ClF3N4O2. The second-order valence-corrected chi connectivity index (χ2v) is 9.37. The average Bonchev–Trinajstić information content (AvgIpc) is 3.19. The molecule has 1 atom stereocenters. The Morgan fingerprint density at radius 1 is 1.06 bits per heavy atom. The summed E-state index contributed by atoms with van der Waals surface area (Å²) in [5, 5.41) is 4.87. The Balaban J connectivity index is 1.39. The number of amides is 1. The quantitative estimate of drug-likeness (QED) is 0.434. The number of hydrogen-bond donors (Lipinski definition) is 0. The van der Waals surface area contributed by atoms with Gasteiger partial charge >= 0.3 is 6.18 Å². The van der Waals surface area contributed by atoms with E-state index in [1.54, 1.807) is 29.9 Å². The van der Waals surface area contributed by atoms with Gasteiger partial charge in [0.25, 0.3) is 5.91 Å². The largest absolute Gasteiger partial charge is 0.416 e. The van der Waals surface area contributed by atoms with Crippen molar-refractivity contribution in [2.75, 3.05) is 32.7 Å². The van der Waals surface area contributed by atoms with Crippen LogP contribution in [-0.4, -0.2) is 58.2 Å². The van der Waals surface area contributed by atoms with Crippen LogP contribution in [0.15, 0.2) is 54.6 Å². The average molecular weight is 521 g/mol. The monoisotopic (exact) mass is 520 g/mol. The highest BCUT2D eigenvalue weighted by molar-refractivity contribution is 6.30. The summed E-state index contributed by atoms with van der Waals surface area (Å²) < 4.78 is 46.4. The lowest BCUT2D eigenvalue weighted by molar-refractivity contribution is -0.137. The Hall–Kier alpha value is -2.88. The van der Waals surface area contributed by atoms with Crippen molar-refractivity contribution in [3.63, 3.8) is 0 Å². The number of hydrogen-bond acceptors (Lipinski definition) is 4. The van der Waals surface area contributed by atoms with E-state index in [0.717, 1.165) is 23.4 Å². The van der Waals surface area contributed by atoms with Crippen LogP contribution >= 0.6 is 11.6 Å². The first-order chi connectivity index (χ1) is 17.1. The first-order valence-electron chi connectivity index (χ1n) is 11.7. The van der Waals surface area contributed by atoms with E-state index in [4.69, 9.17) is 16.3 Å². The number of rotatable bonds is 7.